The van der Waals surface area contributed by atoms with Gasteiger partial charge in [0.1, 0.15) is 0 Å². The van der Waals surface area contributed by atoms with Gasteiger partial charge in [0.25, 0.3) is 5.97 Å². The monoisotopic (exact) mass is 244 g/mol. The summed E-state index contributed by atoms with van der Waals surface area (Å²) >= 11 is 0. The molecule has 0 aliphatic carbocycles. The third-order valence-corrected chi connectivity index (χ3v) is 2.17. The Morgan fingerprint density at radius 3 is 1.88 bits per heavy atom. The van der Waals surface area contributed by atoms with Gasteiger partial charge < -0.3 is 10.2 Å². The summed E-state index contributed by atoms with van der Waals surface area (Å²) in [7, 11) is 0. The highest BCUT2D eigenvalue weighted by molar-refractivity contribution is 5.62. The summed E-state index contributed by atoms with van der Waals surface area (Å²) in [6.45, 7) is 3.66. The van der Waals surface area contributed by atoms with Crippen LogP contribution in [0.15, 0.2) is 12.2 Å². The summed E-state index contributed by atoms with van der Waals surface area (Å²) in [6, 6.07) is 0. The van der Waals surface area contributed by atoms with Gasteiger partial charge in [-0.1, -0.05) is 38.3 Å². The molecule has 0 bridgehead atoms. The van der Waals surface area contributed by atoms with Crippen LogP contribution in [0.3, 0.4) is 0 Å². The van der Waals surface area contributed by atoms with Crippen molar-refractivity contribution in [3.63, 3.8) is 0 Å². The number of aliphatic carboxylic acids is 1. The SMILES string of the molecule is CC(=O)O.CCCCCCC=CCCCCO. The van der Waals surface area contributed by atoms with Crippen LogP contribution < -0.4 is 0 Å². The molecule has 0 radical (unpaired) electrons. The van der Waals surface area contributed by atoms with Gasteiger partial charge in [0.15, 0.2) is 0 Å². The third-order valence-electron chi connectivity index (χ3n) is 2.17. The summed E-state index contributed by atoms with van der Waals surface area (Å²) in [5, 5.41) is 16.0. The van der Waals surface area contributed by atoms with E-state index < -0.39 is 5.97 Å². The molecule has 17 heavy (non-hydrogen) atoms. The number of carboxylic acid groups (broad SMARTS) is 1. The van der Waals surface area contributed by atoms with Gasteiger partial charge in [-0.25, -0.2) is 0 Å². The van der Waals surface area contributed by atoms with Gasteiger partial charge in [0.05, 0.1) is 0 Å². The Morgan fingerprint density at radius 2 is 1.47 bits per heavy atom. The van der Waals surface area contributed by atoms with E-state index in [4.69, 9.17) is 15.0 Å². The lowest BCUT2D eigenvalue weighted by atomic mass is 10.1. The first-order valence-corrected chi connectivity index (χ1v) is 6.60. The van der Waals surface area contributed by atoms with Crippen LogP contribution in [0.4, 0.5) is 0 Å². The number of carboxylic acids is 1. The molecule has 3 heteroatoms. The fourth-order valence-corrected chi connectivity index (χ4v) is 1.30. The topological polar surface area (TPSA) is 57.5 Å². The maximum Gasteiger partial charge on any atom is 0.300 e. The van der Waals surface area contributed by atoms with Gasteiger partial charge in [-0.15, -0.1) is 0 Å². The van der Waals surface area contributed by atoms with E-state index in [2.05, 4.69) is 19.1 Å². The minimum Gasteiger partial charge on any atom is -0.481 e. The molecule has 3 nitrogen and oxygen atoms in total. The Labute approximate surface area is 106 Å². The highest BCUT2D eigenvalue weighted by Gasteiger charge is 1.85. The smallest absolute Gasteiger partial charge is 0.300 e. The molecule has 0 atom stereocenters. The van der Waals surface area contributed by atoms with Crippen LogP contribution in [0.1, 0.15) is 65.2 Å². The Kier molecular flexibility index (Phi) is 19.1. The summed E-state index contributed by atoms with van der Waals surface area (Å²) in [4.78, 5) is 9.00. The molecule has 0 aliphatic rings. The molecular formula is C14H28O3. The van der Waals surface area contributed by atoms with Crippen LogP contribution in [0.2, 0.25) is 0 Å². The molecule has 0 saturated heterocycles. The lowest BCUT2D eigenvalue weighted by Crippen LogP contribution is -1.80. The van der Waals surface area contributed by atoms with E-state index in [1.54, 1.807) is 0 Å². The average Bonchev–Trinajstić information content (AvgIpc) is 2.26. The van der Waals surface area contributed by atoms with Crippen molar-refractivity contribution in [3.05, 3.63) is 12.2 Å². The van der Waals surface area contributed by atoms with Gasteiger partial charge in [-0.3, -0.25) is 4.79 Å². The van der Waals surface area contributed by atoms with E-state index in [0.717, 1.165) is 26.2 Å². The maximum absolute atomic E-state index is 9.00. The second-order valence-corrected chi connectivity index (χ2v) is 4.06. The first-order chi connectivity index (χ1) is 8.15. The van der Waals surface area contributed by atoms with Crippen LogP contribution in [0.5, 0.6) is 0 Å². The molecule has 0 rings (SSSR count). The first-order valence-electron chi connectivity index (χ1n) is 6.60. The lowest BCUT2D eigenvalue weighted by molar-refractivity contribution is -0.134. The number of allylic oxidation sites excluding steroid dienone is 2. The average molecular weight is 244 g/mol. The van der Waals surface area contributed by atoms with Crippen LogP contribution in [0.25, 0.3) is 0 Å². The van der Waals surface area contributed by atoms with E-state index in [0.29, 0.717) is 6.61 Å². The number of aliphatic hydroxyl groups is 1. The van der Waals surface area contributed by atoms with Crippen molar-refractivity contribution in [2.45, 2.75) is 65.2 Å². The van der Waals surface area contributed by atoms with Crippen molar-refractivity contribution >= 4 is 5.97 Å². The van der Waals surface area contributed by atoms with Crippen LogP contribution in [-0.4, -0.2) is 22.8 Å². The van der Waals surface area contributed by atoms with Gasteiger partial charge in [-0.2, -0.15) is 0 Å². The van der Waals surface area contributed by atoms with Crippen LogP contribution in [0, 0.1) is 0 Å². The number of hydrogen-bond acceptors (Lipinski definition) is 2. The lowest BCUT2D eigenvalue weighted by Gasteiger charge is -1.94. The standard InChI is InChI=1S/C12H24O.C2H4O2/c1-2-3-4-5-6-7-8-9-10-11-12-13;1-2(3)4/h7-8,13H,2-6,9-12H2,1H3;1H3,(H,3,4). The molecule has 0 unspecified atom stereocenters. The van der Waals surface area contributed by atoms with Crippen molar-refractivity contribution in [1.29, 1.82) is 0 Å². The molecular weight excluding hydrogens is 216 g/mol. The summed E-state index contributed by atoms with van der Waals surface area (Å²) in [5.74, 6) is -0.833. The molecule has 0 fully saturated rings. The molecule has 102 valence electrons. The minimum atomic E-state index is -0.833. The molecule has 0 saturated carbocycles. The number of carbonyl (C=O) groups is 1. The number of hydrogen-bond donors (Lipinski definition) is 2. The normalized spacial score (nSPS) is 10.1. The third kappa shape index (κ3) is 31.3. The maximum atomic E-state index is 9.00. The predicted octanol–water partition coefficient (Wildman–Crippen LogP) is 3.77. The van der Waals surface area contributed by atoms with Gasteiger partial charge in [-0.05, 0) is 32.1 Å². The second-order valence-electron chi connectivity index (χ2n) is 4.06. The molecule has 0 heterocycles. The van der Waals surface area contributed by atoms with Crippen molar-refractivity contribution in [1.82, 2.24) is 0 Å². The Balaban J connectivity index is 0. The molecule has 0 spiro atoms. The van der Waals surface area contributed by atoms with Crippen molar-refractivity contribution in [2.24, 2.45) is 0 Å². The van der Waals surface area contributed by atoms with Gasteiger partial charge in [0.2, 0.25) is 0 Å². The second kappa shape index (κ2) is 17.6. The van der Waals surface area contributed by atoms with Gasteiger partial charge >= 0.3 is 0 Å². The van der Waals surface area contributed by atoms with E-state index in [-0.39, 0.29) is 0 Å². The van der Waals surface area contributed by atoms with E-state index in [9.17, 15) is 0 Å². The molecule has 2 N–H and O–H groups in total. The molecule has 0 aromatic rings. The Hall–Kier alpha value is -0.830. The van der Waals surface area contributed by atoms with E-state index in [1.165, 1.54) is 32.1 Å². The number of aliphatic hydroxyl groups excluding tert-OH is 1. The first kappa shape index (κ1) is 18.5. The highest BCUT2D eigenvalue weighted by atomic mass is 16.4. The molecule has 0 amide bonds. The zero-order valence-electron chi connectivity index (χ0n) is 11.3. The number of rotatable bonds is 9. The highest BCUT2D eigenvalue weighted by Crippen LogP contribution is 2.04. The number of unbranched alkanes of at least 4 members (excludes halogenated alkanes) is 6. The Morgan fingerprint density at radius 1 is 1.00 bits per heavy atom. The largest absolute Gasteiger partial charge is 0.481 e. The molecule has 0 aliphatic heterocycles. The van der Waals surface area contributed by atoms with E-state index in [1.807, 2.05) is 0 Å². The zero-order valence-corrected chi connectivity index (χ0v) is 11.3. The van der Waals surface area contributed by atoms with Crippen molar-refractivity contribution < 1.29 is 15.0 Å². The van der Waals surface area contributed by atoms with Crippen LogP contribution in [-0.2, 0) is 4.79 Å². The summed E-state index contributed by atoms with van der Waals surface area (Å²) in [5.41, 5.74) is 0. The fraction of sp³-hybridized carbons (Fsp3) is 0.786. The summed E-state index contributed by atoms with van der Waals surface area (Å²) < 4.78 is 0. The quantitative estimate of drug-likeness (QED) is 0.479. The predicted molar refractivity (Wildman–Crippen MR) is 72.1 cm³/mol. The van der Waals surface area contributed by atoms with Crippen LogP contribution >= 0.6 is 0 Å². The van der Waals surface area contributed by atoms with E-state index >= 15 is 0 Å². The molecule has 0 aromatic heterocycles. The zero-order chi connectivity index (χ0) is 13.4. The Bertz CT molecular complexity index is 172. The van der Waals surface area contributed by atoms with Crippen molar-refractivity contribution in [2.75, 3.05) is 6.61 Å². The van der Waals surface area contributed by atoms with Gasteiger partial charge in [0, 0.05) is 13.5 Å². The minimum absolute atomic E-state index is 0.338. The fourth-order valence-electron chi connectivity index (χ4n) is 1.30. The van der Waals surface area contributed by atoms with Crippen molar-refractivity contribution in [3.8, 4) is 0 Å². The summed E-state index contributed by atoms with van der Waals surface area (Å²) in [6.07, 6.45) is 14.4. The molecule has 0 aromatic carbocycles.